The van der Waals surface area contributed by atoms with Crippen LogP contribution in [0.5, 0.6) is 0 Å². The van der Waals surface area contributed by atoms with Crippen molar-refractivity contribution in [1.82, 2.24) is 0 Å². The van der Waals surface area contributed by atoms with E-state index in [0.717, 1.165) is 61.1 Å². The standard InChI is InChI=1S/C57H37NO2/c1-57(2)47-24-8-5-16-38(47)39-29-28-36(33-48(39)57)58(49-25-13-23-45-40-17-6-9-26-50(40)60-56(45)49)35-15-11-14-34(32-35)37-21-12-22-42-44-30-31-52-55(46-20-7-10-27-51(46)59-52)54(44)43-19-4-3-18-41(43)53(37)42/h3-33H,1-2H3. The van der Waals surface area contributed by atoms with Gasteiger partial charge in [0.2, 0.25) is 0 Å². The first kappa shape index (κ1) is 33.4. The molecule has 10 aromatic carbocycles. The predicted molar refractivity (Wildman–Crippen MR) is 251 cm³/mol. The van der Waals surface area contributed by atoms with E-state index in [-0.39, 0.29) is 5.41 Å². The Balaban J connectivity index is 1.06. The van der Waals surface area contributed by atoms with Crippen molar-refractivity contribution in [1.29, 1.82) is 0 Å². The van der Waals surface area contributed by atoms with Gasteiger partial charge in [0.15, 0.2) is 5.58 Å². The topological polar surface area (TPSA) is 29.5 Å². The molecule has 0 radical (unpaired) electrons. The van der Waals surface area contributed by atoms with Crippen LogP contribution in [0, 0.1) is 0 Å². The smallest absolute Gasteiger partial charge is 0.159 e. The zero-order valence-corrected chi connectivity index (χ0v) is 33.2. The highest BCUT2D eigenvalue weighted by Crippen LogP contribution is 2.52. The van der Waals surface area contributed by atoms with Crippen LogP contribution >= 0.6 is 0 Å². The van der Waals surface area contributed by atoms with Crippen LogP contribution in [0.1, 0.15) is 25.0 Å². The first-order chi connectivity index (χ1) is 29.5. The van der Waals surface area contributed by atoms with E-state index in [1.807, 2.05) is 12.1 Å². The van der Waals surface area contributed by atoms with Crippen molar-refractivity contribution in [2.24, 2.45) is 0 Å². The highest BCUT2D eigenvalue weighted by molar-refractivity contribution is 6.36. The van der Waals surface area contributed by atoms with Crippen molar-refractivity contribution in [3.63, 3.8) is 0 Å². The van der Waals surface area contributed by atoms with Gasteiger partial charge in [0, 0.05) is 43.7 Å². The maximum absolute atomic E-state index is 6.76. The van der Waals surface area contributed by atoms with E-state index < -0.39 is 0 Å². The van der Waals surface area contributed by atoms with Gasteiger partial charge in [-0.1, -0.05) is 147 Å². The third-order valence-corrected chi connectivity index (χ3v) is 13.2. The molecule has 282 valence electrons. The number of para-hydroxylation sites is 3. The molecule has 0 unspecified atom stereocenters. The van der Waals surface area contributed by atoms with Crippen LogP contribution in [0.15, 0.2) is 197 Å². The second-order valence-corrected chi connectivity index (χ2v) is 16.8. The Bertz CT molecular complexity index is 3740. The summed E-state index contributed by atoms with van der Waals surface area (Å²) >= 11 is 0. The fraction of sp³-hybridized carbons (Fsp3) is 0.0526. The Morgan fingerprint density at radius 1 is 0.367 bits per heavy atom. The van der Waals surface area contributed by atoms with E-state index in [9.17, 15) is 0 Å². The van der Waals surface area contributed by atoms with E-state index in [4.69, 9.17) is 8.83 Å². The molecule has 0 atom stereocenters. The number of furan rings is 2. The summed E-state index contributed by atoms with van der Waals surface area (Å²) in [6, 6.07) is 68.2. The summed E-state index contributed by atoms with van der Waals surface area (Å²) < 4.78 is 13.2. The van der Waals surface area contributed by atoms with E-state index in [0.29, 0.717) is 0 Å². The number of hydrogen-bond acceptors (Lipinski definition) is 3. The molecule has 1 aliphatic carbocycles. The summed E-state index contributed by atoms with van der Waals surface area (Å²) in [4.78, 5) is 2.40. The first-order valence-electron chi connectivity index (χ1n) is 20.8. The minimum atomic E-state index is -0.151. The zero-order chi connectivity index (χ0) is 39.7. The average Bonchev–Trinajstić information content (AvgIpc) is 3.94. The maximum Gasteiger partial charge on any atom is 0.159 e. The van der Waals surface area contributed by atoms with Crippen LogP contribution in [0.2, 0.25) is 0 Å². The first-order valence-corrected chi connectivity index (χ1v) is 20.8. The Hall–Kier alpha value is -7.62. The van der Waals surface area contributed by atoms with Crippen molar-refractivity contribution in [2.45, 2.75) is 19.3 Å². The molecule has 0 spiro atoms. The van der Waals surface area contributed by atoms with Crippen LogP contribution in [-0.4, -0.2) is 0 Å². The molecule has 13 rings (SSSR count). The SMILES string of the molecule is CC1(C)c2ccccc2-c2ccc(N(c3cccc(-c4cccc5c6ccc7oc8ccccc8c7c6c6ccccc6c45)c3)c3cccc4c3oc3ccccc34)cc21. The lowest BCUT2D eigenvalue weighted by Gasteiger charge is -2.28. The predicted octanol–water partition coefficient (Wildman–Crippen LogP) is 16.4. The van der Waals surface area contributed by atoms with Crippen molar-refractivity contribution < 1.29 is 8.83 Å². The van der Waals surface area contributed by atoms with Gasteiger partial charge in [0.25, 0.3) is 0 Å². The molecule has 60 heavy (non-hydrogen) atoms. The Morgan fingerprint density at radius 3 is 1.82 bits per heavy atom. The van der Waals surface area contributed by atoms with Crippen LogP contribution in [-0.2, 0) is 5.41 Å². The lowest BCUT2D eigenvalue weighted by atomic mass is 9.82. The average molecular weight is 768 g/mol. The van der Waals surface area contributed by atoms with Crippen molar-refractivity contribution in [3.05, 3.63) is 199 Å². The van der Waals surface area contributed by atoms with E-state index >= 15 is 0 Å². The Labute approximate surface area is 346 Å². The number of nitrogens with zero attached hydrogens (tertiary/aromatic N) is 1. The molecule has 3 nitrogen and oxygen atoms in total. The zero-order valence-electron chi connectivity index (χ0n) is 33.2. The maximum atomic E-state index is 6.76. The summed E-state index contributed by atoms with van der Waals surface area (Å²) in [5.41, 5.74) is 14.2. The lowest BCUT2D eigenvalue weighted by Crippen LogP contribution is -2.16. The number of rotatable bonds is 4. The Morgan fingerprint density at radius 2 is 0.967 bits per heavy atom. The summed E-state index contributed by atoms with van der Waals surface area (Å²) in [7, 11) is 0. The Kier molecular flexibility index (Phi) is 6.78. The molecular weight excluding hydrogens is 731 g/mol. The quantitative estimate of drug-likeness (QED) is 0.167. The molecule has 0 saturated heterocycles. The highest BCUT2D eigenvalue weighted by atomic mass is 16.3. The molecule has 2 aromatic heterocycles. The fourth-order valence-electron chi connectivity index (χ4n) is 10.5. The minimum Gasteiger partial charge on any atom is -0.456 e. The number of benzene rings is 10. The normalized spacial score (nSPS) is 13.3. The number of anilines is 3. The molecule has 0 saturated carbocycles. The summed E-state index contributed by atoms with van der Waals surface area (Å²) in [5, 5.41) is 11.9. The van der Waals surface area contributed by atoms with Gasteiger partial charge in [-0.2, -0.15) is 0 Å². The molecule has 0 fully saturated rings. The van der Waals surface area contributed by atoms with Crippen LogP contribution in [0.4, 0.5) is 17.1 Å². The third kappa shape index (κ3) is 4.55. The number of fused-ring (bicyclic) bond motifs is 16. The van der Waals surface area contributed by atoms with Gasteiger partial charge in [-0.15, -0.1) is 0 Å². The highest BCUT2D eigenvalue weighted by Gasteiger charge is 2.36. The monoisotopic (exact) mass is 767 g/mol. The van der Waals surface area contributed by atoms with Gasteiger partial charge < -0.3 is 13.7 Å². The third-order valence-electron chi connectivity index (χ3n) is 13.2. The van der Waals surface area contributed by atoms with Crippen molar-refractivity contribution >= 4 is 93.3 Å². The van der Waals surface area contributed by atoms with E-state index in [2.05, 4.69) is 195 Å². The molecule has 1 aliphatic rings. The molecular formula is C57H37NO2. The molecule has 12 aromatic rings. The number of hydrogen-bond donors (Lipinski definition) is 0. The lowest BCUT2D eigenvalue weighted by molar-refractivity contribution is 0.660. The van der Waals surface area contributed by atoms with Crippen LogP contribution in [0.3, 0.4) is 0 Å². The van der Waals surface area contributed by atoms with Crippen LogP contribution in [0.25, 0.3) is 98.4 Å². The molecule has 0 N–H and O–H groups in total. The summed E-state index contributed by atoms with van der Waals surface area (Å²) in [5.74, 6) is 0. The van der Waals surface area contributed by atoms with Gasteiger partial charge >= 0.3 is 0 Å². The van der Waals surface area contributed by atoms with Crippen molar-refractivity contribution in [3.8, 4) is 22.3 Å². The van der Waals surface area contributed by atoms with E-state index in [1.165, 1.54) is 65.5 Å². The van der Waals surface area contributed by atoms with E-state index in [1.54, 1.807) is 0 Å². The second kappa shape index (κ2) is 12.2. The van der Waals surface area contributed by atoms with Gasteiger partial charge in [-0.25, -0.2) is 0 Å². The summed E-state index contributed by atoms with van der Waals surface area (Å²) in [6.07, 6.45) is 0. The fourth-order valence-corrected chi connectivity index (χ4v) is 10.5. The minimum absolute atomic E-state index is 0.151. The molecule has 0 bridgehead atoms. The second-order valence-electron chi connectivity index (χ2n) is 16.8. The molecule has 0 amide bonds. The summed E-state index contributed by atoms with van der Waals surface area (Å²) in [6.45, 7) is 4.70. The molecule has 0 aliphatic heterocycles. The molecule has 2 heterocycles. The largest absolute Gasteiger partial charge is 0.456 e. The van der Waals surface area contributed by atoms with Crippen molar-refractivity contribution in [2.75, 3.05) is 4.90 Å². The van der Waals surface area contributed by atoms with Gasteiger partial charge in [0.05, 0.1) is 5.69 Å². The van der Waals surface area contributed by atoms with Crippen LogP contribution < -0.4 is 4.90 Å². The van der Waals surface area contributed by atoms with Gasteiger partial charge in [0.1, 0.15) is 16.7 Å². The molecule has 3 heteroatoms. The van der Waals surface area contributed by atoms with Gasteiger partial charge in [-0.05, 0) is 115 Å². The van der Waals surface area contributed by atoms with Gasteiger partial charge in [-0.3, -0.25) is 0 Å².